The zero-order valence-electron chi connectivity index (χ0n) is 15.9. The molecule has 0 saturated heterocycles. The van der Waals surface area contributed by atoms with Crippen molar-refractivity contribution in [3.63, 3.8) is 0 Å². The number of nitrogens with zero attached hydrogens (tertiary/aromatic N) is 2. The first-order valence-corrected chi connectivity index (χ1v) is 9.68. The quantitative estimate of drug-likeness (QED) is 0.488. The second kappa shape index (κ2) is 8.37. The Morgan fingerprint density at radius 1 is 1.14 bits per heavy atom. The Hall–Kier alpha value is -3.31. The van der Waals surface area contributed by atoms with Crippen molar-refractivity contribution in [1.82, 2.24) is 14.7 Å². The number of amides is 1. The lowest BCUT2D eigenvalue weighted by atomic mass is 10.1. The molecule has 1 atom stereocenters. The van der Waals surface area contributed by atoms with Gasteiger partial charge in [-0.3, -0.25) is 4.79 Å². The summed E-state index contributed by atoms with van der Waals surface area (Å²) in [5, 5.41) is 3.67. The zero-order valence-corrected chi connectivity index (χ0v) is 16.6. The minimum absolute atomic E-state index is 0.137. The molecule has 0 aliphatic rings. The van der Waals surface area contributed by atoms with Gasteiger partial charge in [0.2, 0.25) is 0 Å². The molecule has 29 heavy (non-hydrogen) atoms. The number of fused-ring (bicyclic) bond motifs is 1. The predicted molar refractivity (Wildman–Crippen MR) is 113 cm³/mol. The van der Waals surface area contributed by atoms with Gasteiger partial charge in [-0.05, 0) is 55.0 Å². The number of pyridine rings is 1. The number of carbonyl (C=O) groups excluding carboxylic acids is 1. The van der Waals surface area contributed by atoms with Crippen LogP contribution in [0.25, 0.3) is 5.65 Å². The number of benzene rings is 2. The summed E-state index contributed by atoms with van der Waals surface area (Å²) in [6.45, 7) is 2.26. The third-order valence-corrected chi connectivity index (χ3v) is 4.87. The van der Waals surface area contributed by atoms with Gasteiger partial charge in [0.25, 0.3) is 5.91 Å². The SMILES string of the molecule is CC(NC(=O)c1cccc(OCc2cn3ccccc3n2)c1)c1ccc(Cl)cc1. The number of hydrogen-bond donors (Lipinski definition) is 1. The molecule has 6 heteroatoms. The molecule has 1 N–H and O–H groups in total. The summed E-state index contributed by atoms with van der Waals surface area (Å²) in [7, 11) is 0. The van der Waals surface area contributed by atoms with Gasteiger partial charge in [-0.2, -0.15) is 0 Å². The average Bonchev–Trinajstić information content (AvgIpc) is 3.16. The molecule has 0 radical (unpaired) electrons. The molecule has 5 nitrogen and oxygen atoms in total. The van der Waals surface area contributed by atoms with Gasteiger partial charge < -0.3 is 14.5 Å². The molecular formula is C23H20ClN3O2. The summed E-state index contributed by atoms with van der Waals surface area (Å²) in [6, 6.07) is 20.3. The number of rotatable bonds is 6. The fraction of sp³-hybridized carbons (Fsp3) is 0.130. The van der Waals surface area contributed by atoms with E-state index in [1.165, 1.54) is 0 Å². The zero-order chi connectivity index (χ0) is 20.2. The summed E-state index contributed by atoms with van der Waals surface area (Å²) in [4.78, 5) is 17.1. The van der Waals surface area contributed by atoms with Crippen molar-refractivity contribution in [2.75, 3.05) is 0 Å². The van der Waals surface area contributed by atoms with Crippen molar-refractivity contribution in [3.8, 4) is 5.75 Å². The number of nitrogens with one attached hydrogen (secondary N) is 1. The van der Waals surface area contributed by atoms with Gasteiger partial charge in [0, 0.05) is 23.0 Å². The van der Waals surface area contributed by atoms with Crippen LogP contribution in [-0.4, -0.2) is 15.3 Å². The van der Waals surface area contributed by atoms with E-state index in [0.29, 0.717) is 22.9 Å². The largest absolute Gasteiger partial charge is 0.487 e. The molecule has 2 heterocycles. The van der Waals surface area contributed by atoms with Crippen LogP contribution < -0.4 is 10.1 Å². The second-order valence-electron chi connectivity index (χ2n) is 6.76. The van der Waals surface area contributed by atoms with Crippen molar-refractivity contribution in [3.05, 3.63) is 101 Å². The van der Waals surface area contributed by atoms with Crippen molar-refractivity contribution < 1.29 is 9.53 Å². The Balaban J connectivity index is 1.40. The first-order chi connectivity index (χ1) is 14.1. The minimum Gasteiger partial charge on any atom is -0.487 e. The molecule has 0 aliphatic carbocycles. The molecular weight excluding hydrogens is 386 g/mol. The highest BCUT2D eigenvalue weighted by Crippen LogP contribution is 2.19. The lowest BCUT2D eigenvalue weighted by Gasteiger charge is -2.15. The van der Waals surface area contributed by atoms with Crippen LogP contribution in [0.5, 0.6) is 5.75 Å². The monoisotopic (exact) mass is 405 g/mol. The molecule has 4 rings (SSSR count). The Labute approximate surface area is 173 Å². The van der Waals surface area contributed by atoms with Gasteiger partial charge in [0.05, 0.1) is 11.7 Å². The van der Waals surface area contributed by atoms with E-state index in [-0.39, 0.29) is 11.9 Å². The Morgan fingerprint density at radius 3 is 2.76 bits per heavy atom. The van der Waals surface area contributed by atoms with Crippen LogP contribution in [0.15, 0.2) is 79.1 Å². The predicted octanol–water partition coefficient (Wildman–Crippen LogP) is 5.06. The minimum atomic E-state index is -0.161. The van der Waals surface area contributed by atoms with Crippen molar-refractivity contribution in [1.29, 1.82) is 0 Å². The molecule has 2 aromatic heterocycles. The highest BCUT2D eigenvalue weighted by atomic mass is 35.5. The third kappa shape index (κ3) is 4.58. The van der Waals surface area contributed by atoms with E-state index < -0.39 is 0 Å². The lowest BCUT2D eigenvalue weighted by molar-refractivity contribution is 0.0939. The molecule has 0 fully saturated rings. The lowest BCUT2D eigenvalue weighted by Crippen LogP contribution is -2.26. The van der Waals surface area contributed by atoms with Gasteiger partial charge >= 0.3 is 0 Å². The van der Waals surface area contributed by atoms with Crippen LogP contribution in [0.2, 0.25) is 5.02 Å². The van der Waals surface area contributed by atoms with Crippen LogP contribution >= 0.6 is 11.6 Å². The van der Waals surface area contributed by atoms with Crippen LogP contribution in [0.4, 0.5) is 0 Å². The number of halogens is 1. The van der Waals surface area contributed by atoms with E-state index in [9.17, 15) is 4.79 Å². The molecule has 1 amide bonds. The highest BCUT2D eigenvalue weighted by molar-refractivity contribution is 6.30. The number of imidazole rings is 1. The van der Waals surface area contributed by atoms with E-state index in [4.69, 9.17) is 16.3 Å². The maximum Gasteiger partial charge on any atom is 0.251 e. The summed E-state index contributed by atoms with van der Waals surface area (Å²) in [5.74, 6) is 0.458. The van der Waals surface area contributed by atoms with Gasteiger partial charge in [-0.1, -0.05) is 35.9 Å². The topological polar surface area (TPSA) is 55.6 Å². The first-order valence-electron chi connectivity index (χ1n) is 9.30. The number of carbonyl (C=O) groups is 1. The highest BCUT2D eigenvalue weighted by Gasteiger charge is 2.12. The standard InChI is InChI=1S/C23H20ClN3O2/c1-16(17-8-10-19(24)11-9-17)25-23(28)18-5-4-6-21(13-18)29-15-20-14-27-12-3-2-7-22(27)26-20/h2-14,16H,15H2,1H3,(H,25,28). The smallest absolute Gasteiger partial charge is 0.251 e. The fourth-order valence-corrected chi connectivity index (χ4v) is 3.18. The average molecular weight is 406 g/mol. The van der Waals surface area contributed by atoms with Crippen molar-refractivity contribution in [2.24, 2.45) is 0 Å². The number of hydrogen-bond acceptors (Lipinski definition) is 3. The second-order valence-corrected chi connectivity index (χ2v) is 7.20. The molecule has 2 aromatic carbocycles. The molecule has 0 bridgehead atoms. The molecule has 4 aromatic rings. The third-order valence-electron chi connectivity index (χ3n) is 4.61. The van der Waals surface area contributed by atoms with Gasteiger partial charge in [0.1, 0.15) is 18.0 Å². The van der Waals surface area contributed by atoms with Crippen molar-refractivity contribution >= 4 is 23.2 Å². The van der Waals surface area contributed by atoms with E-state index >= 15 is 0 Å². The fourth-order valence-electron chi connectivity index (χ4n) is 3.06. The van der Waals surface area contributed by atoms with Gasteiger partial charge in [-0.15, -0.1) is 0 Å². The summed E-state index contributed by atoms with van der Waals surface area (Å²) in [6.07, 6.45) is 3.87. The Kier molecular flexibility index (Phi) is 5.49. The molecule has 0 spiro atoms. The van der Waals surface area contributed by atoms with E-state index in [2.05, 4.69) is 10.3 Å². The van der Waals surface area contributed by atoms with Crippen LogP contribution in [0.3, 0.4) is 0 Å². The summed E-state index contributed by atoms with van der Waals surface area (Å²) >= 11 is 5.93. The van der Waals surface area contributed by atoms with E-state index in [0.717, 1.165) is 16.9 Å². The van der Waals surface area contributed by atoms with E-state index in [1.807, 2.05) is 72.2 Å². The van der Waals surface area contributed by atoms with Gasteiger partial charge in [0.15, 0.2) is 0 Å². The van der Waals surface area contributed by atoms with E-state index in [1.54, 1.807) is 18.2 Å². The molecule has 0 aliphatic heterocycles. The number of aromatic nitrogens is 2. The van der Waals surface area contributed by atoms with Gasteiger partial charge in [-0.25, -0.2) is 4.98 Å². The molecule has 1 unspecified atom stereocenters. The van der Waals surface area contributed by atoms with Crippen LogP contribution in [-0.2, 0) is 6.61 Å². The number of ether oxygens (including phenoxy) is 1. The summed E-state index contributed by atoms with van der Waals surface area (Å²) < 4.78 is 7.79. The maximum atomic E-state index is 12.6. The maximum absolute atomic E-state index is 12.6. The summed E-state index contributed by atoms with van der Waals surface area (Å²) in [5.41, 5.74) is 3.22. The van der Waals surface area contributed by atoms with Crippen LogP contribution in [0.1, 0.15) is 34.6 Å². The van der Waals surface area contributed by atoms with Crippen molar-refractivity contribution in [2.45, 2.75) is 19.6 Å². The Morgan fingerprint density at radius 2 is 1.97 bits per heavy atom. The first kappa shape index (κ1) is 19.0. The normalized spacial score (nSPS) is 11.9. The Bertz CT molecular complexity index is 1110. The molecule has 0 saturated carbocycles. The molecule has 146 valence electrons. The van der Waals surface area contributed by atoms with Crippen LogP contribution in [0, 0.1) is 0 Å².